The van der Waals surface area contributed by atoms with Crippen LogP contribution >= 0.6 is 11.8 Å². The largest absolute Gasteiger partial charge is 0.462 e. The van der Waals surface area contributed by atoms with Crippen LogP contribution in [0.1, 0.15) is 170 Å². The van der Waals surface area contributed by atoms with Crippen molar-refractivity contribution in [2.45, 2.75) is 177 Å². The van der Waals surface area contributed by atoms with Crippen molar-refractivity contribution in [3.05, 3.63) is 11.6 Å². The number of allylic oxidation sites excluding steroid dienone is 1. The highest BCUT2D eigenvalue weighted by Crippen LogP contribution is 2.67. The first-order valence-electron chi connectivity index (χ1n) is 35.3. The Hall–Kier alpha value is -2.31. The normalized spacial score (nSPS) is 22.8. The average Bonchev–Trinajstić information content (AvgIpc) is 1.33. The lowest BCUT2D eigenvalue weighted by Gasteiger charge is -2.58. The Morgan fingerprint density at radius 2 is 1.04 bits per heavy atom. The molecule has 0 spiro atoms. The molecule has 9 atom stereocenters. The molecule has 0 bridgehead atoms. The van der Waals surface area contributed by atoms with Crippen LogP contribution in [0, 0.1) is 52.3 Å². The third kappa shape index (κ3) is 33.4. The Bertz CT molecular complexity index is 1900. The van der Waals surface area contributed by atoms with Gasteiger partial charge in [0.25, 0.3) is 0 Å². The number of fused-ring (bicyclic) bond motifs is 5. The molecule has 2 amide bonds. The molecule has 0 heterocycles. The first-order chi connectivity index (χ1) is 43.8. The smallest absolute Gasteiger partial charge is 0.308 e. The molecule has 90 heavy (non-hydrogen) atoms. The predicted molar refractivity (Wildman–Crippen MR) is 353 cm³/mol. The quantitative estimate of drug-likeness (QED) is 0.0329. The summed E-state index contributed by atoms with van der Waals surface area (Å²) in [7, 11) is 0. The van der Waals surface area contributed by atoms with Crippen molar-refractivity contribution in [1.82, 2.24) is 10.6 Å². The summed E-state index contributed by atoms with van der Waals surface area (Å²) in [6.07, 6.45) is 22.4. The first-order valence-corrected chi connectivity index (χ1v) is 36.4. The molecule has 20 heteroatoms. The van der Waals surface area contributed by atoms with Crippen LogP contribution < -0.4 is 10.6 Å². The van der Waals surface area contributed by atoms with Gasteiger partial charge in [0.2, 0.25) is 11.8 Å². The van der Waals surface area contributed by atoms with E-state index < -0.39 is 0 Å². The molecule has 3 fully saturated rings. The van der Waals surface area contributed by atoms with Crippen LogP contribution in [0.3, 0.4) is 0 Å². The second-order valence-electron chi connectivity index (χ2n) is 26.0. The fourth-order valence-electron chi connectivity index (χ4n) is 14.3. The predicted octanol–water partition coefficient (Wildman–Crippen LogP) is 10.5. The summed E-state index contributed by atoms with van der Waals surface area (Å²) >= 11 is 1.43. The second-order valence-corrected chi connectivity index (χ2v) is 27.2. The van der Waals surface area contributed by atoms with Crippen molar-refractivity contribution >= 4 is 35.3 Å². The molecule has 4 aliphatic rings. The van der Waals surface area contributed by atoms with Crippen LogP contribution in [0.25, 0.3) is 0 Å². The Kier molecular flexibility index (Phi) is 44.6. The van der Waals surface area contributed by atoms with Gasteiger partial charge in [0, 0.05) is 44.0 Å². The van der Waals surface area contributed by atoms with E-state index in [1.54, 1.807) is 5.57 Å². The third-order valence-corrected chi connectivity index (χ3v) is 20.1. The van der Waals surface area contributed by atoms with Gasteiger partial charge in [0.05, 0.1) is 171 Å². The van der Waals surface area contributed by atoms with Crippen LogP contribution in [0.15, 0.2) is 11.6 Å². The van der Waals surface area contributed by atoms with Crippen LogP contribution in [-0.4, -0.2) is 213 Å². The molecular weight excluding hydrogens is 1170 g/mol. The van der Waals surface area contributed by atoms with Crippen molar-refractivity contribution in [3.63, 3.8) is 0 Å². The number of ether oxygens (including phenoxy) is 13. The van der Waals surface area contributed by atoms with E-state index in [0.717, 1.165) is 86.9 Å². The van der Waals surface area contributed by atoms with E-state index in [0.29, 0.717) is 207 Å². The Morgan fingerprint density at radius 3 is 1.56 bits per heavy atom. The summed E-state index contributed by atoms with van der Waals surface area (Å²) in [4.78, 5) is 49.0. The highest BCUT2D eigenvalue weighted by atomic mass is 32.2. The lowest BCUT2D eigenvalue weighted by Crippen LogP contribution is -2.51. The molecule has 3 unspecified atom stereocenters. The zero-order valence-corrected chi connectivity index (χ0v) is 58.1. The molecule has 4 rings (SSSR count). The van der Waals surface area contributed by atoms with Gasteiger partial charge < -0.3 is 72.2 Å². The number of ketones is 1. The van der Waals surface area contributed by atoms with Gasteiger partial charge >= 0.3 is 5.97 Å². The van der Waals surface area contributed by atoms with Gasteiger partial charge in [-0.25, -0.2) is 0 Å². The van der Waals surface area contributed by atoms with E-state index in [1.807, 2.05) is 6.92 Å². The zero-order valence-electron chi connectivity index (χ0n) is 57.3. The monoisotopic (exact) mass is 1300 g/mol. The number of nitrogens with one attached hydrogen (secondary N) is 2. The molecule has 0 saturated heterocycles. The highest BCUT2D eigenvalue weighted by Gasteiger charge is 2.59. The summed E-state index contributed by atoms with van der Waals surface area (Å²) in [5, 5.41) is 5.76. The van der Waals surface area contributed by atoms with Crippen molar-refractivity contribution < 1.29 is 80.8 Å². The van der Waals surface area contributed by atoms with Crippen molar-refractivity contribution in [2.24, 2.45) is 52.3 Å². The summed E-state index contributed by atoms with van der Waals surface area (Å²) in [6.45, 7) is 28.5. The number of Topliss-reactive ketones (excluding diaryl/α,β-unsaturated/α-hetero) is 1. The standard InChI is InChI=1S/C70H126N2O17S/c1-8-13-58(65(73)9-2)16-10-11-27-71-66(74)24-53-90-55-67(75)72-28-30-78-32-34-80-36-38-82-40-42-84-44-46-86-48-50-88-52-51-87-49-47-85-45-43-83-41-39-81-37-35-79-33-31-77-29-23-68(76)89-60-21-25-69(6)59(54-60)17-18-61-63-20-19-62(57(5)15-12-14-56(3)4)70(63,7)26-22-64(61)69/h17,56-58,60-64H,8-16,18-55H2,1-7H3,(H,71,74)(H,72,75)/t57?,58?,60-,61-,62?,63+,64+,69-,70+/m1/s1. The summed E-state index contributed by atoms with van der Waals surface area (Å²) in [6, 6.07) is 0. The second kappa shape index (κ2) is 50.1. The van der Waals surface area contributed by atoms with Gasteiger partial charge in [-0.3, -0.25) is 19.2 Å². The summed E-state index contributed by atoms with van der Waals surface area (Å²) < 4.78 is 72.9. The topological polar surface area (TPSA) is 212 Å². The van der Waals surface area contributed by atoms with Gasteiger partial charge in [-0.15, -0.1) is 0 Å². The average molecular weight is 1300 g/mol. The van der Waals surface area contributed by atoms with Crippen LogP contribution in [0.4, 0.5) is 0 Å². The molecular formula is C70H126N2O17S. The molecule has 0 radical (unpaired) electrons. The molecule has 3 saturated carbocycles. The molecule has 0 aliphatic heterocycles. The number of carbonyl (C=O) groups is 4. The Balaban J connectivity index is 0.784. The number of amides is 2. The van der Waals surface area contributed by atoms with E-state index >= 15 is 0 Å². The maximum atomic E-state index is 12.8. The van der Waals surface area contributed by atoms with Crippen molar-refractivity contribution in [1.29, 1.82) is 0 Å². The minimum atomic E-state index is -0.162. The van der Waals surface area contributed by atoms with E-state index in [2.05, 4.69) is 58.3 Å². The van der Waals surface area contributed by atoms with E-state index in [1.165, 1.54) is 63.1 Å². The molecule has 19 nitrogen and oxygen atoms in total. The third-order valence-electron chi connectivity index (χ3n) is 19.1. The first kappa shape index (κ1) is 80.1. The van der Waals surface area contributed by atoms with Crippen LogP contribution in [0.5, 0.6) is 0 Å². The minimum absolute atomic E-state index is 0.00946. The maximum Gasteiger partial charge on any atom is 0.308 e. The number of hydrogen-bond donors (Lipinski definition) is 2. The van der Waals surface area contributed by atoms with E-state index in [9.17, 15) is 19.2 Å². The lowest BCUT2D eigenvalue weighted by molar-refractivity contribution is -0.153. The molecule has 0 aromatic carbocycles. The molecule has 524 valence electrons. The fraction of sp³-hybridized carbons (Fsp3) is 0.914. The Labute approximate surface area is 548 Å². The van der Waals surface area contributed by atoms with Crippen LogP contribution in [-0.2, 0) is 80.8 Å². The van der Waals surface area contributed by atoms with Gasteiger partial charge in [0.15, 0.2) is 0 Å². The molecule has 0 aromatic heterocycles. The van der Waals surface area contributed by atoms with Gasteiger partial charge in [-0.2, -0.15) is 11.8 Å². The summed E-state index contributed by atoms with van der Waals surface area (Å²) in [5.41, 5.74) is 2.31. The SMILES string of the molecule is CCCC(CCCCNC(=O)CCSCC(=O)NCCOCCOCCOCCOCCOCCOCCOCCOCCOCCOCCOCCOCCC(=O)O[C@@H]1CC[C@]2(C)C(=CC[C@@H]3[C@@H]4CCC(C(C)CCCC(C)C)[C@]4(C)CC[C@@H]32)C1)C(=O)CC. The van der Waals surface area contributed by atoms with E-state index in [-0.39, 0.29) is 41.6 Å². The van der Waals surface area contributed by atoms with Crippen molar-refractivity contribution in [2.75, 3.05) is 183 Å². The van der Waals surface area contributed by atoms with Gasteiger partial charge in [-0.1, -0.05) is 92.2 Å². The fourth-order valence-corrected chi connectivity index (χ4v) is 15.0. The molecule has 4 aliphatic carbocycles. The number of hydrogen-bond acceptors (Lipinski definition) is 18. The maximum absolute atomic E-state index is 12.8. The highest BCUT2D eigenvalue weighted by molar-refractivity contribution is 7.99. The number of esters is 1. The number of unbranched alkanes of at least 4 members (excludes halogenated alkanes) is 1. The number of carbonyl (C=O) groups excluding carboxylic acids is 4. The van der Waals surface area contributed by atoms with Gasteiger partial charge in [-0.05, 0) is 111 Å². The molecule has 2 N–H and O–H groups in total. The minimum Gasteiger partial charge on any atom is -0.462 e. The van der Waals surface area contributed by atoms with Crippen LogP contribution in [0.2, 0.25) is 0 Å². The van der Waals surface area contributed by atoms with E-state index in [4.69, 9.17) is 61.6 Å². The molecule has 0 aromatic rings. The lowest BCUT2D eigenvalue weighted by atomic mass is 9.47. The van der Waals surface area contributed by atoms with Crippen molar-refractivity contribution in [3.8, 4) is 0 Å². The Morgan fingerprint density at radius 1 is 0.533 bits per heavy atom. The van der Waals surface area contributed by atoms with Gasteiger partial charge in [0.1, 0.15) is 11.9 Å². The number of thioether (sulfide) groups is 1. The summed E-state index contributed by atoms with van der Waals surface area (Å²) in [5.74, 6) is 6.07. The number of rotatable bonds is 59. The zero-order chi connectivity index (χ0) is 64.8.